The molecule has 0 aliphatic rings. The van der Waals surface area contributed by atoms with Crippen LogP contribution in [0.3, 0.4) is 0 Å². The van der Waals surface area contributed by atoms with Crippen LogP contribution in [0.25, 0.3) is 0 Å². The molecule has 1 aromatic heterocycles. The van der Waals surface area contributed by atoms with Crippen LogP contribution in [0.2, 0.25) is 0 Å². The van der Waals surface area contributed by atoms with Gasteiger partial charge in [0.15, 0.2) is 9.84 Å². The highest BCUT2D eigenvalue weighted by Gasteiger charge is 2.29. The molecule has 0 unspecified atom stereocenters. The normalized spacial score (nSPS) is 12.6. The van der Waals surface area contributed by atoms with Crippen LogP contribution in [0, 0.1) is 0 Å². The van der Waals surface area contributed by atoms with Gasteiger partial charge in [-0.05, 0) is 30.2 Å². The van der Waals surface area contributed by atoms with Crippen molar-refractivity contribution in [3.05, 3.63) is 60.4 Å². The van der Waals surface area contributed by atoms with Gasteiger partial charge >= 0.3 is 0 Å². The van der Waals surface area contributed by atoms with Gasteiger partial charge in [0.2, 0.25) is 5.91 Å². The second kappa shape index (κ2) is 7.87. The van der Waals surface area contributed by atoms with Gasteiger partial charge in [-0.2, -0.15) is 0 Å². The molecular weight excluding hydrogens is 312 g/mol. The molecule has 1 aromatic carbocycles. The first kappa shape index (κ1) is 17.1. The van der Waals surface area contributed by atoms with Crippen LogP contribution in [0.4, 0.5) is 0 Å². The summed E-state index contributed by atoms with van der Waals surface area (Å²) in [5.74, 6) is -0.148. The summed E-state index contributed by atoms with van der Waals surface area (Å²) in [7, 11) is -3.62. The van der Waals surface area contributed by atoms with Crippen LogP contribution in [-0.2, 0) is 14.6 Å². The Bertz CT molecular complexity index is 731. The van der Waals surface area contributed by atoms with Crippen LogP contribution >= 0.6 is 0 Å². The third-order valence-electron chi connectivity index (χ3n) is 3.46. The van der Waals surface area contributed by atoms with Gasteiger partial charge < -0.3 is 5.32 Å². The second-order valence-corrected chi connectivity index (χ2v) is 7.32. The number of benzene rings is 1. The third-order valence-corrected chi connectivity index (χ3v) is 5.58. The summed E-state index contributed by atoms with van der Waals surface area (Å²) in [5, 5.41) is 1.85. The van der Waals surface area contributed by atoms with Gasteiger partial charge in [-0.15, -0.1) is 0 Å². The van der Waals surface area contributed by atoms with Crippen molar-refractivity contribution >= 4 is 15.7 Å². The van der Waals surface area contributed by atoms with Crippen LogP contribution in [0.5, 0.6) is 0 Å². The maximum atomic E-state index is 12.9. The van der Waals surface area contributed by atoms with Crippen molar-refractivity contribution in [1.29, 1.82) is 0 Å². The minimum atomic E-state index is -3.62. The summed E-state index contributed by atoms with van der Waals surface area (Å²) >= 11 is 0. The van der Waals surface area contributed by atoms with Crippen molar-refractivity contribution < 1.29 is 13.2 Å². The summed E-state index contributed by atoms with van der Waals surface area (Å²) in [6.07, 6.45) is 4.21. The quantitative estimate of drug-likeness (QED) is 0.845. The molecule has 2 rings (SSSR count). The maximum Gasteiger partial charge on any atom is 0.220 e. The van der Waals surface area contributed by atoms with E-state index in [2.05, 4.69) is 10.3 Å². The van der Waals surface area contributed by atoms with Crippen LogP contribution in [-0.4, -0.2) is 25.9 Å². The van der Waals surface area contributed by atoms with E-state index in [4.69, 9.17) is 0 Å². The highest BCUT2D eigenvalue weighted by Crippen LogP contribution is 2.27. The molecule has 1 heterocycles. The molecule has 6 heteroatoms. The van der Waals surface area contributed by atoms with E-state index in [1.54, 1.807) is 48.7 Å². The lowest BCUT2D eigenvalue weighted by atomic mass is 10.2. The fraction of sp³-hybridized carbons (Fsp3) is 0.294. The molecule has 1 N–H and O–H groups in total. The fourth-order valence-corrected chi connectivity index (χ4v) is 3.94. The van der Waals surface area contributed by atoms with E-state index in [0.717, 1.165) is 6.42 Å². The average molecular weight is 332 g/mol. The van der Waals surface area contributed by atoms with Gasteiger partial charge in [0, 0.05) is 25.4 Å². The van der Waals surface area contributed by atoms with Gasteiger partial charge in [0.1, 0.15) is 5.25 Å². The minimum absolute atomic E-state index is 0.0295. The number of sulfone groups is 1. The van der Waals surface area contributed by atoms with Crippen molar-refractivity contribution in [2.75, 3.05) is 6.54 Å². The molecule has 0 radical (unpaired) electrons. The number of hydrogen-bond acceptors (Lipinski definition) is 4. The lowest BCUT2D eigenvalue weighted by Crippen LogP contribution is -2.31. The van der Waals surface area contributed by atoms with Crippen molar-refractivity contribution in [1.82, 2.24) is 10.3 Å². The van der Waals surface area contributed by atoms with Crippen LogP contribution in [0.15, 0.2) is 59.8 Å². The Morgan fingerprint density at radius 2 is 1.91 bits per heavy atom. The van der Waals surface area contributed by atoms with Gasteiger partial charge in [-0.25, -0.2) is 8.42 Å². The molecule has 0 fully saturated rings. The van der Waals surface area contributed by atoms with E-state index < -0.39 is 15.1 Å². The molecule has 1 atom stereocenters. The minimum Gasteiger partial charge on any atom is -0.354 e. The van der Waals surface area contributed by atoms with E-state index >= 15 is 0 Å². The van der Waals surface area contributed by atoms with Gasteiger partial charge in [-0.3, -0.25) is 9.78 Å². The van der Waals surface area contributed by atoms with E-state index in [0.29, 0.717) is 12.0 Å². The Labute approximate surface area is 136 Å². The Balaban J connectivity index is 2.32. The zero-order chi connectivity index (χ0) is 16.7. The van der Waals surface area contributed by atoms with Crippen LogP contribution in [0.1, 0.15) is 30.6 Å². The number of pyridine rings is 1. The fourth-order valence-electron chi connectivity index (χ4n) is 2.27. The van der Waals surface area contributed by atoms with Crippen molar-refractivity contribution in [3.8, 4) is 0 Å². The topological polar surface area (TPSA) is 76.1 Å². The molecule has 122 valence electrons. The lowest BCUT2D eigenvalue weighted by Gasteiger charge is -2.18. The zero-order valence-corrected chi connectivity index (χ0v) is 13.8. The zero-order valence-electron chi connectivity index (χ0n) is 13.0. The van der Waals surface area contributed by atoms with Crippen molar-refractivity contribution in [2.24, 2.45) is 0 Å². The van der Waals surface area contributed by atoms with Gasteiger partial charge in [0.05, 0.1) is 4.90 Å². The number of aromatic nitrogens is 1. The smallest absolute Gasteiger partial charge is 0.220 e. The Kier molecular flexibility index (Phi) is 5.87. The highest BCUT2D eigenvalue weighted by atomic mass is 32.2. The largest absolute Gasteiger partial charge is 0.354 e. The SMILES string of the molecule is CCCC(=O)NC[C@@H](c1cccnc1)S(=O)(=O)c1ccccc1. The number of amides is 1. The Morgan fingerprint density at radius 1 is 1.17 bits per heavy atom. The van der Waals surface area contributed by atoms with E-state index in [1.165, 1.54) is 6.20 Å². The number of nitrogens with zero attached hydrogens (tertiary/aromatic N) is 1. The lowest BCUT2D eigenvalue weighted by molar-refractivity contribution is -0.121. The predicted molar refractivity (Wildman–Crippen MR) is 88.5 cm³/mol. The van der Waals surface area contributed by atoms with Crippen LogP contribution < -0.4 is 5.32 Å². The molecule has 0 saturated carbocycles. The summed E-state index contributed by atoms with van der Waals surface area (Å²) in [6.45, 7) is 1.93. The van der Waals surface area contributed by atoms with Gasteiger partial charge in [0.25, 0.3) is 0 Å². The van der Waals surface area contributed by atoms with Crippen molar-refractivity contribution in [2.45, 2.75) is 29.9 Å². The number of carbonyl (C=O) groups excluding carboxylic acids is 1. The molecule has 0 spiro atoms. The summed E-state index contributed by atoms with van der Waals surface area (Å²) in [6, 6.07) is 11.7. The molecule has 1 amide bonds. The molecule has 2 aromatic rings. The Morgan fingerprint density at radius 3 is 2.52 bits per heavy atom. The second-order valence-electron chi connectivity index (χ2n) is 5.19. The molecule has 5 nitrogen and oxygen atoms in total. The number of hydrogen-bond donors (Lipinski definition) is 1. The first-order chi connectivity index (χ1) is 11.1. The molecule has 0 aliphatic carbocycles. The van der Waals surface area contributed by atoms with E-state index in [1.807, 2.05) is 6.92 Å². The third kappa shape index (κ3) is 4.39. The summed E-state index contributed by atoms with van der Waals surface area (Å²) in [5.41, 5.74) is 0.563. The standard InChI is InChI=1S/C17H20N2O3S/c1-2-7-17(20)19-13-16(14-8-6-11-18-12-14)23(21,22)15-9-4-3-5-10-15/h3-6,8-12,16H,2,7,13H2,1H3,(H,19,20)/t16-/m0/s1. The first-order valence-electron chi connectivity index (χ1n) is 7.51. The molecule has 0 saturated heterocycles. The highest BCUT2D eigenvalue weighted by molar-refractivity contribution is 7.91. The maximum absolute atomic E-state index is 12.9. The predicted octanol–water partition coefficient (Wildman–Crippen LogP) is 2.51. The Hall–Kier alpha value is -2.21. The van der Waals surface area contributed by atoms with Gasteiger partial charge in [-0.1, -0.05) is 31.2 Å². The number of rotatable bonds is 7. The first-order valence-corrected chi connectivity index (χ1v) is 9.06. The molecule has 0 aliphatic heterocycles. The van der Waals surface area contributed by atoms with Crippen molar-refractivity contribution in [3.63, 3.8) is 0 Å². The number of nitrogens with one attached hydrogen (secondary N) is 1. The molecule has 0 bridgehead atoms. The average Bonchev–Trinajstić information content (AvgIpc) is 2.57. The van der Waals surface area contributed by atoms with E-state index in [-0.39, 0.29) is 17.3 Å². The molecule has 23 heavy (non-hydrogen) atoms. The van der Waals surface area contributed by atoms with E-state index in [9.17, 15) is 13.2 Å². The molecular formula is C17H20N2O3S. The monoisotopic (exact) mass is 332 g/mol. The summed E-state index contributed by atoms with van der Waals surface area (Å²) in [4.78, 5) is 16.0. The number of carbonyl (C=O) groups is 1. The summed E-state index contributed by atoms with van der Waals surface area (Å²) < 4.78 is 25.8.